The lowest BCUT2D eigenvalue weighted by atomic mass is 9.95. The summed E-state index contributed by atoms with van der Waals surface area (Å²) < 4.78 is 14.2. The predicted octanol–water partition coefficient (Wildman–Crippen LogP) is 5.65. The number of rotatable bonds is 9. The van der Waals surface area contributed by atoms with Crippen molar-refractivity contribution in [3.8, 4) is 11.3 Å². The first-order valence-electron chi connectivity index (χ1n) is 11.9. The third-order valence-electron chi connectivity index (χ3n) is 6.35. The quantitative estimate of drug-likeness (QED) is 0.214. The summed E-state index contributed by atoms with van der Waals surface area (Å²) >= 11 is 0. The summed E-state index contributed by atoms with van der Waals surface area (Å²) in [5.41, 5.74) is 6.82. The molecule has 0 radical (unpaired) electrons. The molecule has 4 aromatic rings. The molecule has 0 unspecified atom stereocenters. The second-order valence-corrected chi connectivity index (χ2v) is 8.82. The summed E-state index contributed by atoms with van der Waals surface area (Å²) in [6, 6.07) is 23.6. The highest BCUT2D eigenvalue weighted by atomic mass is 19.1. The van der Waals surface area contributed by atoms with E-state index in [1.165, 1.54) is 18.3 Å². The highest BCUT2D eigenvalue weighted by Gasteiger charge is 2.34. The monoisotopic (exact) mass is 479 g/mol. The molecule has 1 aliphatic carbocycles. The Labute approximate surface area is 208 Å². The molecule has 36 heavy (non-hydrogen) atoms. The van der Waals surface area contributed by atoms with Gasteiger partial charge in [-0.3, -0.25) is 4.79 Å². The Balaban J connectivity index is 1.65. The number of fused-ring (bicyclic) bond motifs is 1. The molecule has 7 heteroatoms. The van der Waals surface area contributed by atoms with Crippen LogP contribution in [0.4, 0.5) is 4.39 Å². The number of carbonyl (C=O) groups excluding carboxylic acids is 1. The zero-order valence-electron chi connectivity index (χ0n) is 19.6. The third-order valence-corrected chi connectivity index (χ3v) is 6.35. The van der Waals surface area contributed by atoms with Gasteiger partial charge in [-0.2, -0.15) is 5.10 Å². The Kier molecular flexibility index (Phi) is 6.80. The fourth-order valence-corrected chi connectivity index (χ4v) is 4.55. The zero-order chi connectivity index (χ0) is 24.9. The number of amides is 1. The smallest absolute Gasteiger partial charge is 0.252 e. The molecule has 5 rings (SSSR count). The fraction of sp³-hybridized carbons (Fsp3) is 0.172. The molecule has 1 aromatic heterocycles. The van der Waals surface area contributed by atoms with E-state index in [-0.39, 0.29) is 24.3 Å². The first kappa shape index (κ1) is 23.4. The summed E-state index contributed by atoms with van der Waals surface area (Å²) in [5.74, 6) is -0.196. The Hall–Kier alpha value is -4.39. The van der Waals surface area contributed by atoms with Crippen LogP contribution in [-0.4, -0.2) is 23.3 Å². The number of hydrogen-bond donors (Lipinski definition) is 3. The lowest BCUT2D eigenvalue weighted by Gasteiger charge is -2.22. The summed E-state index contributed by atoms with van der Waals surface area (Å²) in [5, 5.41) is 15.2. The first-order chi connectivity index (χ1) is 17.7. The van der Waals surface area contributed by atoms with E-state index >= 15 is 0 Å². The molecule has 1 heterocycles. The fourth-order valence-electron chi connectivity index (χ4n) is 4.55. The van der Waals surface area contributed by atoms with E-state index in [0.717, 1.165) is 24.6 Å². The first-order valence-corrected chi connectivity index (χ1v) is 11.9. The van der Waals surface area contributed by atoms with Crippen molar-refractivity contribution < 1.29 is 9.18 Å². The van der Waals surface area contributed by atoms with Crippen molar-refractivity contribution >= 4 is 29.2 Å². The van der Waals surface area contributed by atoms with Gasteiger partial charge in [-0.05, 0) is 42.5 Å². The van der Waals surface area contributed by atoms with Crippen molar-refractivity contribution in [1.82, 2.24) is 15.7 Å². The zero-order valence-corrected chi connectivity index (χ0v) is 19.6. The van der Waals surface area contributed by atoms with Crippen molar-refractivity contribution in [2.45, 2.75) is 25.4 Å². The van der Waals surface area contributed by atoms with Crippen LogP contribution in [0.1, 0.15) is 40.4 Å². The molecule has 0 saturated heterocycles. The van der Waals surface area contributed by atoms with Gasteiger partial charge in [0.1, 0.15) is 5.82 Å². The Morgan fingerprint density at radius 3 is 2.61 bits per heavy atom. The van der Waals surface area contributed by atoms with E-state index < -0.39 is 0 Å². The van der Waals surface area contributed by atoms with Crippen LogP contribution in [-0.2, 0) is 6.54 Å². The Bertz CT molecular complexity index is 1430. The second-order valence-electron chi connectivity index (χ2n) is 8.82. The molecule has 3 aromatic carbocycles. The van der Waals surface area contributed by atoms with Gasteiger partial charge in [0.2, 0.25) is 0 Å². The number of nitrogens with zero attached hydrogens (tertiary/aromatic N) is 2. The van der Waals surface area contributed by atoms with Crippen LogP contribution in [0.25, 0.3) is 22.2 Å². The molecule has 1 fully saturated rings. The lowest BCUT2D eigenvalue weighted by molar-refractivity contribution is 0.0932. The number of halogens is 1. The molecular formula is C29H26FN5O. The van der Waals surface area contributed by atoms with Crippen LogP contribution in [0.15, 0.2) is 84.0 Å². The van der Waals surface area contributed by atoms with Crippen molar-refractivity contribution in [1.29, 1.82) is 5.41 Å². The summed E-state index contributed by atoms with van der Waals surface area (Å²) in [6.07, 6.45) is 4.51. The minimum absolute atomic E-state index is 0.0972. The molecule has 1 aliphatic rings. The van der Waals surface area contributed by atoms with E-state index in [9.17, 15) is 9.18 Å². The minimum atomic E-state index is -0.382. The van der Waals surface area contributed by atoms with Gasteiger partial charge in [-0.1, -0.05) is 60.7 Å². The van der Waals surface area contributed by atoms with Crippen molar-refractivity contribution in [3.05, 3.63) is 101 Å². The average molecular weight is 480 g/mol. The SMILES string of the molecule is N=C/C=N\NCc1c(-c2cccc(F)c2)nc2ccccc2c1C(=O)N[C@H](c1ccccc1)C1CC1. The molecule has 1 atom stereocenters. The molecule has 180 valence electrons. The number of benzene rings is 3. The van der Waals surface area contributed by atoms with Crippen LogP contribution in [0.5, 0.6) is 0 Å². The van der Waals surface area contributed by atoms with Gasteiger partial charge in [0, 0.05) is 22.7 Å². The highest BCUT2D eigenvalue weighted by molar-refractivity contribution is 6.14. The number of nitrogens with one attached hydrogen (secondary N) is 3. The maximum Gasteiger partial charge on any atom is 0.252 e. The van der Waals surface area contributed by atoms with E-state index in [2.05, 4.69) is 15.8 Å². The highest BCUT2D eigenvalue weighted by Crippen LogP contribution is 2.41. The van der Waals surface area contributed by atoms with Crippen LogP contribution in [0, 0.1) is 17.1 Å². The average Bonchev–Trinajstić information content (AvgIpc) is 3.75. The van der Waals surface area contributed by atoms with Gasteiger partial charge in [-0.15, -0.1) is 0 Å². The number of para-hydroxylation sites is 1. The van der Waals surface area contributed by atoms with Gasteiger partial charge in [0.15, 0.2) is 0 Å². The Morgan fingerprint density at radius 1 is 1.08 bits per heavy atom. The number of hydrogen-bond acceptors (Lipinski definition) is 5. The summed E-state index contributed by atoms with van der Waals surface area (Å²) in [6.45, 7) is 0.177. The van der Waals surface area contributed by atoms with Crippen molar-refractivity contribution in [3.63, 3.8) is 0 Å². The van der Waals surface area contributed by atoms with E-state index in [1.54, 1.807) is 12.1 Å². The number of pyridine rings is 1. The molecule has 1 amide bonds. The summed E-state index contributed by atoms with van der Waals surface area (Å²) in [4.78, 5) is 18.8. The van der Waals surface area contributed by atoms with Crippen LogP contribution in [0.2, 0.25) is 0 Å². The van der Waals surface area contributed by atoms with E-state index in [1.807, 2.05) is 54.6 Å². The third kappa shape index (κ3) is 5.00. The molecule has 0 aliphatic heterocycles. The second kappa shape index (κ2) is 10.5. The number of carbonyl (C=O) groups is 1. The molecule has 0 spiro atoms. The van der Waals surface area contributed by atoms with Crippen molar-refractivity contribution in [2.75, 3.05) is 0 Å². The van der Waals surface area contributed by atoms with E-state index in [0.29, 0.717) is 39.2 Å². The maximum atomic E-state index is 14.2. The van der Waals surface area contributed by atoms with Gasteiger partial charge < -0.3 is 16.2 Å². The number of hydrazone groups is 1. The van der Waals surface area contributed by atoms with Crippen LogP contribution >= 0.6 is 0 Å². The summed E-state index contributed by atoms with van der Waals surface area (Å²) in [7, 11) is 0. The lowest BCUT2D eigenvalue weighted by Crippen LogP contribution is -2.31. The van der Waals surface area contributed by atoms with Gasteiger partial charge >= 0.3 is 0 Å². The standard InChI is InChI=1S/C29H26FN5O/c30-22-10-6-9-21(17-22)28-24(18-33-32-16-15-31)26(23-11-4-5-12-25(23)34-28)29(36)35-27(20-13-14-20)19-7-2-1-3-8-19/h1-12,15-17,20,27,31,33H,13-14,18H2,(H,35,36)/b31-15?,32-16-/t27-/m1/s1. The molecule has 0 bridgehead atoms. The molecule has 1 saturated carbocycles. The van der Waals surface area contributed by atoms with Crippen LogP contribution in [0.3, 0.4) is 0 Å². The van der Waals surface area contributed by atoms with Crippen LogP contribution < -0.4 is 10.7 Å². The van der Waals surface area contributed by atoms with Gasteiger partial charge in [-0.25, -0.2) is 9.37 Å². The maximum absolute atomic E-state index is 14.2. The molecule has 6 nitrogen and oxygen atoms in total. The Morgan fingerprint density at radius 2 is 1.86 bits per heavy atom. The number of aromatic nitrogens is 1. The topological polar surface area (TPSA) is 90.2 Å². The normalized spacial score (nSPS) is 14.0. The molecule has 3 N–H and O–H groups in total. The van der Waals surface area contributed by atoms with E-state index in [4.69, 9.17) is 10.4 Å². The van der Waals surface area contributed by atoms with Gasteiger partial charge in [0.25, 0.3) is 5.91 Å². The predicted molar refractivity (Wildman–Crippen MR) is 141 cm³/mol. The molecular weight excluding hydrogens is 453 g/mol. The van der Waals surface area contributed by atoms with Gasteiger partial charge in [0.05, 0.1) is 35.6 Å². The van der Waals surface area contributed by atoms with Crippen molar-refractivity contribution in [2.24, 2.45) is 11.0 Å². The minimum Gasteiger partial charge on any atom is -0.345 e. The largest absolute Gasteiger partial charge is 0.345 e.